The second-order valence-corrected chi connectivity index (χ2v) is 4.70. The van der Waals surface area contributed by atoms with Crippen LogP contribution in [0.25, 0.3) is 0 Å². The van der Waals surface area contributed by atoms with Gasteiger partial charge in [0.05, 0.1) is 12.5 Å². The van der Waals surface area contributed by atoms with Crippen molar-refractivity contribution in [2.45, 2.75) is 32.6 Å². The topological polar surface area (TPSA) is 26.3 Å². The Labute approximate surface area is 111 Å². The number of hydrogen-bond donors (Lipinski definition) is 0. The predicted molar refractivity (Wildman–Crippen MR) is 57.6 cm³/mol. The molecular formula is C12H14F6O2. The normalized spacial score (nSPS) is 26.4. The fourth-order valence-corrected chi connectivity index (χ4v) is 2.39. The second kappa shape index (κ2) is 5.29. The van der Waals surface area contributed by atoms with Crippen molar-refractivity contribution in [1.29, 1.82) is 0 Å². The summed E-state index contributed by atoms with van der Waals surface area (Å²) in [6.07, 6.45) is -10.5. The van der Waals surface area contributed by atoms with Gasteiger partial charge in [0.15, 0.2) is 5.41 Å². The summed E-state index contributed by atoms with van der Waals surface area (Å²) in [6.45, 7) is 2.16. The van der Waals surface area contributed by atoms with Gasteiger partial charge < -0.3 is 4.74 Å². The van der Waals surface area contributed by atoms with Crippen LogP contribution in [0.5, 0.6) is 0 Å². The van der Waals surface area contributed by atoms with E-state index in [0.717, 1.165) is 19.1 Å². The molecule has 0 heterocycles. The minimum Gasteiger partial charge on any atom is -0.466 e. The van der Waals surface area contributed by atoms with Crippen molar-refractivity contribution in [3.63, 3.8) is 0 Å². The summed E-state index contributed by atoms with van der Waals surface area (Å²) in [4.78, 5) is 11.4. The number of halogens is 6. The molecule has 0 amide bonds. The summed E-state index contributed by atoms with van der Waals surface area (Å²) in [6, 6.07) is 0. The summed E-state index contributed by atoms with van der Waals surface area (Å²) in [7, 11) is 0. The maximum absolute atomic E-state index is 13.1. The third-order valence-electron chi connectivity index (χ3n) is 3.55. The number of esters is 1. The summed E-state index contributed by atoms with van der Waals surface area (Å²) < 4.78 is 82.9. The van der Waals surface area contributed by atoms with Gasteiger partial charge in [0.25, 0.3) is 0 Å². The molecule has 1 aliphatic carbocycles. The first-order valence-corrected chi connectivity index (χ1v) is 5.95. The maximum atomic E-state index is 13.1. The third kappa shape index (κ3) is 2.64. The Morgan fingerprint density at radius 3 is 2.10 bits per heavy atom. The van der Waals surface area contributed by atoms with E-state index in [9.17, 15) is 31.1 Å². The van der Waals surface area contributed by atoms with Crippen LogP contribution in [0.4, 0.5) is 26.3 Å². The predicted octanol–water partition coefficient (Wildman–Crippen LogP) is 3.87. The van der Waals surface area contributed by atoms with Crippen LogP contribution in [0.15, 0.2) is 12.2 Å². The zero-order valence-electron chi connectivity index (χ0n) is 10.8. The molecule has 1 rings (SSSR count). The molecule has 0 bridgehead atoms. The van der Waals surface area contributed by atoms with Gasteiger partial charge in [0, 0.05) is 0 Å². The number of hydrogen-bond acceptors (Lipinski definition) is 2. The lowest BCUT2D eigenvalue weighted by molar-refractivity contribution is -0.357. The van der Waals surface area contributed by atoms with Crippen molar-refractivity contribution in [3.05, 3.63) is 12.2 Å². The van der Waals surface area contributed by atoms with E-state index in [1.807, 2.05) is 0 Å². The van der Waals surface area contributed by atoms with E-state index in [1.54, 1.807) is 0 Å². The maximum Gasteiger partial charge on any atom is 0.403 e. The molecule has 8 heteroatoms. The molecule has 116 valence electrons. The molecule has 0 saturated heterocycles. The van der Waals surface area contributed by atoms with Gasteiger partial charge in [-0.25, -0.2) is 0 Å². The SMILES string of the molecule is CCOC(=O)[C@H]1C=C[C@@H](C)C(C(F)(F)F)(C(F)(F)F)C1. The van der Waals surface area contributed by atoms with Crippen LogP contribution in [0.3, 0.4) is 0 Å². The monoisotopic (exact) mass is 304 g/mol. The van der Waals surface area contributed by atoms with Crippen molar-refractivity contribution in [1.82, 2.24) is 0 Å². The first-order valence-electron chi connectivity index (χ1n) is 5.95. The van der Waals surface area contributed by atoms with Crippen molar-refractivity contribution in [3.8, 4) is 0 Å². The largest absolute Gasteiger partial charge is 0.466 e. The molecule has 0 aromatic rings. The van der Waals surface area contributed by atoms with E-state index >= 15 is 0 Å². The van der Waals surface area contributed by atoms with E-state index in [4.69, 9.17) is 0 Å². The van der Waals surface area contributed by atoms with Crippen molar-refractivity contribution in [2.24, 2.45) is 17.3 Å². The lowest BCUT2D eigenvalue weighted by Crippen LogP contribution is -2.56. The number of rotatable bonds is 2. The van der Waals surface area contributed by atoms with Gasteiger partial charge >= 0.3 is 18.3 Å². The average molecular weight is 304 g/mol. The molecule has 0 radical (unpaired) electrons. The summed E-state index contributed by atoms with van der Waals surface area (Å²) in [5.41, 5.74) is -3.92. The van der Waals surface area contributed by atoms with Gasteiger partial charge in [-0.15, -0.1) is 0 Å². The van der Waals surface area contributed by atoms with Crippen LogP contribution in [0.2, 0.25) is 0 Å². The first kappa shape index (κ1) is 16.8. The van der Waals surface area contributed by atoms with E-state index in [2.05, 4.69) is 4.74 Å². The summed E-state index contributed by atoms with van der Waals surface area (Å²) in [5.74, 6) is -4.42. The molecule has 1 aliphatic rings. The molecule has 0 fully saturated rings. The van der Waals surface area contributed by atoms with Crippen molar-refractivity contribution in [2.75, 3.05) is 6.61 Å². The number of carbonyl (C=O) groups is 1. The molecule has 0 N–H and O–H groups in total. The Bertz CT molecular complexity index is 382. The van der Waals surface area contributed by atoms with Gasteiger partial charge in [-0.2, -0.15) is 26.3 Å². The van der Waals surface area contributed by atoms with E-state index in [-0.39, 0.29) is 6.61 Å². The van der Waals surface area contributed by atoms with Gasteiger partial charge in [-0.3, -0.25) is 4.79 Å². The number of alkyl halides is 6. The Balaban J connectivity index is 3.25. The third-order valence-corrected chi connectivity index (χ3v) is 3.55. The van der Waals surface area contributed by atoms with Crippen molar-refractivity contribution < 1.29 is 35.9 Å². The molecule has 0 unspecified atom stereocenters. The molecule has 0 aliphatic heterocycles. The van der Waals surface area contributed by atoms with Crippen LogP contribution in [0, 0.1) is 17.3 Å². The molecule has 2 atom stereocenters. The lowest BCUT2D eigenvalue weighted by Gasteiger charge is -2.44. The van der Waals surface area contributed by atoms with E-state index in [0.29, 0.717) is 0 Å². The number of carbonyl (C=O) groups excluding carboxylic acids is 1. The Morgan fingerprint density at radius 1 is 1.20 bits per heavy atom. The van der Waals surface area contributed by atoms with Crippen molar-refractivity contribution >= 4 is 5.97 Å². The summed E-state index contributed by atoms with van der Waals surface area (Å²) >= 11 is 0. The van der Waals surface area contributed by atoms with Gasteiger partial charge in [-0.05, 0) is 19.3 Å². The van der Waals surface area contributed by atoms with Crippen LogP contribution >= 0.6 is 0 Å². The number of ether oxygens (including phenoxy) is 1. The van der Waals surface area contributed by atoms with Crippen LogP contribution in [0.1, 0.15) is 20.3 Å². The quantitative estimate of drug-likeness (QED) is 0.440. The fraction of sp³-hybridized carbons (Fsp3) is 0.750. The molecule has 0 saturated carbocycles. The zero-order valence-corrected chi connectivity index (χ0v) is 10.8. The van der Waals surface area contributed by atoms with Crippen LogP contribution < -0.4 is 0 Å². The van der Waals surface area contributed by atoms with Gasteiger partial charge in [0.1, 0.15) is 0 Å². The molecule has 0 aromatic heterocycles. The molecular weight excluding hydrogens is 290 g/mol. The smallest absolute Gasteiger partial charge is 0.403 e. The zero-order chi connectivity index (χ0) is 15.8. The second-order valence-electron chi connectivity index (χ2n) is 4.70. The summed E-state index contributed by atoms with van der Waals surface area (Å²) in [5, 5.41) is 0. The lowest BCUT2D eigenvalue weighted by atomic mass is 9.65. The van der Waals surface area contributed by atoms with E-state index in [1.165, 1.54) is 6.92 Å². The first-order chi connectivity index (χ1) is 8.97. The Morgan fingerprint density at radius 2 is 1.70 bits per heavy atom. The average Bonchev–Trinajstić information content (AvgIpc) is 2.26. The number of allylic oxidation sites excluding steroid dienone is 1. The molecule has 2 nitrogen and oxygen atoms in total. The highest BCUT2D eigenvalue weighted by Gasteiger charge is 2.73. The molecule has 20 heavy (non-hydrogen) atoms. The fourth-order valence-electron chi connectivity index (χ4n) is 2.39. The minimum absolute atomic E-state index is 0.107. The molecule has 0 aromatic carbocycles. The van der Waals surface area contributed by atoms with Gasteiger partial charge in [-0.1, -0.05) is 19.1 Å². The van der Waals surface area contributed by atoms with E-state index < -0.39 is 42.0 Å². The van der Waals surface area contributed by atoms with Gasteiger partial charge in [0.2, 0.25) is 0 Å². The highest BCUT2D eigenvalue weighted by atomic mass is 19.4. The highest BCUT2D eigenvalue weighted by molar-refractivity contribution is 5.74. The standard InChI is InChI=1S/C12H14F6O2/c1-3-20-9(19)8-5-4-7(2)10(6-8,11(13,14)15)12(16,17)18/h4-5,7-8H,3,6H2,1-2H3/t7-,8+/m1/s1. The minimum atomic E-state index is -5.50. The highest BCUT2D eigenvalue weighted by Crippen LogP contribution is 2.60. The molecule has 0 spiro atoms. The Hall–Kier alpha value is -1.21. The van der Waals surface area contributed by atoms with Crippen LogP contribution in [-0.4, -0.2) is 24.9 Å². The van der Waals surface area contributed by atoms with Crippen LogP contribution in [-0.2, 0) is 9.53 Å². The Kier molecular flexibility index (Phi) is 4.46.